The van der Waals surface area contributed by atoms with Crippen LogP contribution in [-0.4, -0.2) is 23.5 Å². The number of amides is 1. The summed E-state index contributed by atoms with van der Waals surface area (Å²) in [6.07, 6.45) is 0.669. The molecule has 1 heterocycles. The van der Waals surface area contributed by atoms with Gasteiger partial charge in [0.2, 0.25) is 0 Å². The van der Waals surface area contributed by atoms with Gasteiger partial charge in [0.1, 0.15) is 4.88 Å². The van der Waals surface area contributed by atoms with Gasteiger partial charge in [-0.15, -0.1) is 11.3 Å². The quantitative estimate of drug-likeness (QED) is 0.846. The largest absolute Gasteiger partial charge is 0.481 e. The molecule has 0 bridgehead atoms. The van der Waals surface area contributed by atoms with Crippen molar-refractivity contribution >= 4 is 34.8 Å². The van der Waals surface area contributed by atoms with Crippen LogP contribution < -0.4 is 5.32 Å². The number of aryl methyl sites for hydroxylation is 1. The van der Waals surface area contributed by atoms with Crippen molar-refractivity contribution in [1.29, 1.82) is 0 Å². The number of thiophene rings is 1. The van der Waals surface area contributed by atoms with Crippen LogP contribution in [0.25, 0.3) is 0 Å². The van der Waals surface area contributed by atoms with Crippen molar-refractivity contribution in [3.63, 3.8) is 0 Å². The van der Waals surface area contributed by atoms with Crippen LogP contribution >= 0.6 is 22.9 Å². The normalized spacial score (nSPS) is 12.2. The minimum absolute atomic E-state index is 0.121. The van der Waals surface area contributed by atoms with Gasteiger partial charge in [0.25, 0.3) is 5.91 Å². The molecule has 0 radical (unpaired) electrons. The zero-order chi connectivity index (χ0) is 13.7. The number of rotatable bonds is 6. The van der Waals surface area contributed by atoms with Crippen LogP contribution in [0.4, 0.5) is 0 Å². The van der Waals surface area contributed by atoms with E-state index >= 15 is 0 Å². The average Bonchev–Trinajstić information content (AvgIpc) is 2.64. The molecule has 2 N–H and O–H groups in total. The van der Waals surface area contributed by atoms with Crippen molar-refractivity contribution in [2.24, 2.45) is 5.92 Å². The Morgan fingerprint density at radius 2 is 2.22 bits per heavy atom. The summed E-state index contributed by atoms with van der Waals surface area (Å²) in [5.41, 5.74) is 0.894. The van der Waals surface area contributed by atoms with Crippen LogP contribution in [0.2, 0.25) is 5.02 Å². The van der Waals surface area contributed by atoms with E-state index < -0.39 is 5.97 Å². The lowest BCUT2D eigenvalue weighted by atomic mass is 10.1. The van der Waals surface area contributed by atoms with Crippen LogP contribution in [0.5, 0.6) is 0 Å². The minimum Gasteiger partial charge on any atom is -0.481 e. The molecule has 1 atom stereocenters. The number of carboxylic acid groups (broad SMARTS) is 1. The van der Waals surface area contributed by atoms with E-state index in [1.165, 1.54) is 11.3 Å². The highest BCUT2D eigenvalue weighted by atomic mass is 35.5. The summed E-state index contributed by atoms with van der Waals surface area (Å²) in [5.74, 6) is -0.879. The first kappa shape index (κ1) is 15.0. The van der Waals surface area contributed by atoms with Crippen molar-refractivity contribution < 1.29 is 14.7 Å². The van der Waals surface area contributed by atoms with Crippen LogP contribution in [-0.2, 0) is 4.79 Å². The summed E-state index contributed by atoms with van der Waals surface area (Å²) < 4.78 is 0. The molecular formula is C12H16ClNO3S. The highest BCUT2D eigenvalue weighted by Crippen LogP contribution is 2.26. The fourth-order valence-electron chi connectivity index (χ4n) is 1.40. The Bertz CT molecular complexity index is 445. The van der Waals surface area contributed by atoms with Crippen LogP contribution in [0.3, 0.4) is 0 Å². The lowest BCUT2D eigenvalue weighted by molar-refractivity contribution is -0.137. The third-order valence-electron chi connectivity index (χ3n) is 2.57. The molecule has 6 heteroatoms. The van der Waals surface area contributed by atoms with Gasteiger partial charge in [0, 0.05) is 13.0 Å². The van der Waals surface area contributed by atoms with E-state index in [1.807, 2.05) is 19.2 Å². The van der Waals surface area contributed by atoms with Crippen molar-refractivity contribution in [3.8, 4) is 0 Å². The van der Waals surface area contributed by atoms with Gasteiger partial charge < -0.3 is 10.4 Å². The van der Waals surface area contributed by atoms with Crippen molar-refractivity contribution in [2.75, 3.05) is 6.54 Å². The molecule has 0 saturated heterocycles. The Hall–Kier alpha value is -1.07. The second-order valence-electron chi connectivity index (χ2n) is 4.31. The summed E-state index contributed by atoms with van der Waals surface area (Å²) in [6, 6.07) is 0. The van der Waals surface area contributed by atoms with E-state index in [4.69, 9.17) is 16.7 Å². The number of carbonyl (C=O) groups is 2. The standard InChI is InChI=1S/C12H16ClNO3S/c1-7(3-4-9(15)16)5-14-12(17)11-10(13)8(2)6-18-11/h6-7H,3-5H2,1-2H3,(H,14,17)(H,15,16). The maximum atomic E-state index is 11.8. The first-order valence-corrected chi connectivity index (χ1v) is 6.91. The van der Waals surface area contributed by atoms with Crippen molar-refractivity contribution in [3.05, 3.63) is 20.8 Å². The van der Waals surface area contributed by atoms with E-state index in [1.54, 1.807) is 0 Å². The maximum absolute atomic E-state index is 11.8. The lowest BCUT2D eigenvalue weighted by Crippen LogP contribution is -2.28. The second kappa shape index (κ2) is 6.75. The van der Waals surface area contributed by atoms with Gasteiger partial charge in [-0.2, -0.15) is 0 Å². The Morgan fingerprint density at radius 3 is 2.72 bits per heavy atom. The van der Waals surface area contributed by atoms with E-state index in [9.17, 15) is 9.59 Å². The monoisotopic (exact) mass is 289 g/mol. The summed E-state index contributed by atoms with van der Waals surface area (Å²) in [7, 11) is 0. The first-order valence-electron chi connectivity index (χ1n) is 5.65. The molecule has 0 spiro atoms. The molecule has 0 aliphatic rings. The summed E-state index contributed by atoms with van der Waals surface area (Å²) in [4.78, 5) is 22.7. The van der Waals surface area contributed by atoms with Crippen LogP contribution in [0, 0.1) is 12.8 Å². The summed E-state index contributed by atoms with van der Waals surface area (Å²) >= 11 is 7.31. The SMILES string of the molecule is Cc1csc(C(=O)NCC(C)CCC(=O)O)c1Cl. The predicted molar refractivity (Wildman–Crippen MR) is 72.4 cm³/mol. The molecule has 1 unspecified atom stereocenters. The number of nitrogens with one attached hydrogen (secondary N) is 1. The predicted octanol–water partition coefficient (Wildman–Crippen LogP) is 2.94. The molecule has 0 aliphatic carbocycles. The van der Waals surface area contributed by atoms with Gasteiger partial charge in [-0.3, -0.25) is 9.59 Å². The highest BCUT2D eigenvalue weighted by Gasteiger charge is 2.15. The zero-order valence-corrected chi connectivity index (χ0v) is 11.9. The number of carbonyl (C=O) groups excluding carboxylic acids is 1. The fourth-order valence-corrected chi connectivity index (χ4v) is 2.60. The smallest absolute Gasteiger partial charge is 0.303 e. The van der Waals surface area contributed by atoms with Gasteiger partial charge in [0.15, 0.2) is 0 Å². The van der Waals surface area contributed by atoms with E-state index in [0.717, 1.165) is 5.56 Å². The highest BCUT2D eigenvalue weighted by molar-refractivity contribution is 7.13. The van der Waals surface area contributed by atoms with Gasteiger partial charge in [-0.1, -0.05) is 18.5 Å². The molecule has 100 valence electrons. The molecular weight excluding hydrogens is 274 g/mol. The summed E-state index contributed by atoms with van der Waals surface area (Å²) in [6.45, 7) is 4.22. The van der Waals surface area contributed by atoms with E-state index in [0.29, 0.717) is 22.9 Å². The summed E-state index contributed by atoms with van der Waals surface area (Å²) in [5, 5.41) is 13.7. The molecule has 0 aliphatic heterocycles. The third kappa shape index (κ3) is 4.31. The number of aliphatic carboxylic acids is 1. The molecule has 1 aromatic heterocycles. The Balaban J connectivity index is 2.42. The Kier molecular flexibility index (Phi) is 5.62. The molecule has 0 aromatic carbocycles. The van der Waals surface area contributed by atoms with Gasteiger partial charge in [-0.05, 0) is 30.2 Å². The Morgan fingerprint density at radius 1 is 1.56 bits per heavy atom. The van der Waals surface area contributed by atoms with Crippen LogP contribution in [0.15, 0.2) is 5.38 Å². The van der Waals surface area contributed by atoms with E-state index in [2.05, 4.69) is 5.32 Å². The molecule has 4 nitrogen and oxygen atoms in total. The molecule has 1 aromatic rings. The maximum Gasteiger partial charge on any atom is 0.303 e. The second-order valence-corrected chi connectivity index (χ2v) is 5.57. The molecule has 18 heavy (non-hydrogen) atoms. The molecule has 0 fully saturated rings. The number of hydrogen-bond acceptors (Lipinski definition) is 3. The third-order valence-corrected chi connectivity index (χ3v) is 4.26. The average molecular weight is 290 g/mol. The van der Waals surface area contributed by atoms with Crippen LogP contribution in [0.1, 0.15) is 35.0 Å². The fraction of sp³-hybridized carbons (Fsp3) is 0.500. The van der Waals surface area contributed by atoms with Crippen molar-refractivity contribution in [2.45, 2.75) is 26.7 Å². The zero-order valence-electron chi connectivity index (χ0n) is 10.3. The molecule has 0 saturated carbocycles. The Labute approximate surface area is 115 Å². The molecule has 1 amide bonds. The van der Waals surface area contributed by atoms with Gasteiger partial charge >= 0.3 is 5.97 Å². The number of halogens is 1. The number of hydrogen-bond donors (Lipinski definition) is 2. The minimum atomic E-state index is -0.815. The topological polar surface area (TPSA) is 66.4 Å². The van der Waals surface area contributed by atoms with Crippen molar-refractivity contribution in [1.82, 2.24) is 5.32 Å². The number of carboxylic acids is 1. The molecule has 1 rings (SSSR count). The van der Waals surface area contributed by atoms with E-state index in [-0.39, 0.29) is 18.2 Å². The van der Waals surface area contributed by atoms with Gasteiger partial charge in [0.05, 0.1) is 5.02 Å². The first-order chi connectivity index (χ1) is 8.41. The lowest BCUT2D eigenvalue weighted by Gasteiger charge is -2.10. The van der Waals surface area contributed by atoms with Gasteiger partial charge in [-0.25, -0.2) is 0 Å².